The van der Waals surface area contributed by atoms with E-state index >= 15 is 0 Å². The number of pyridine rings is 1. The molecule has 6 aromatic carbocycles. The molecule has 0 radical (unpaired) electrons. The summed E-state index contributed by atoms with van der Waals surface area (Å²) in [7, 11) is 0. The van der Waals surface area contributed by atoms with E-state index in [1.807, 2.05) is 32.9 Å². The number of thiophene rings is 1. The van der Waals surface area contributed by atoms with Gasteiger partial charge in [-0.1, -0.05) is 65.5 Å². The van der Waals surface area contributed by atoms with Crippen LogP contribution in [0.2, 0.25) is 0 Å². The molecule has 0 saturated heterocycles. The van der Waals surface area contributed by atoms with Crippen molar-refractivity contribution in [2.75, 3.05) is 9.80 Å². The summed E-state index contributed by atoms with van der Waals surface area (Å²) in [5.74, 6) is -0.691. The minimum absolute atomic E-state index is 0. The minimum atomic E-state index is -0.643. The van der Waals surface area contributed by atoms with Gasteiger partial charge in [-0.15, -0.1) is 59.3 Å². The SMILES string of the molecule is [2H]c1c(Oc2[c-]c3c(c([2H])c2[2H])c2c([2H])c([2H])c4sc5c([2H])c([2H])c([2H])c([2H])c5c4c2n3-c2ccccn2)[c-]c(N2[CH-]N(c3c(C)cc(C)cc3C)c3c([2H])c([2H])c([2H])c([2H])c32)c([2H])c1[2H].[Pt]. The second kappa shape index (κ2) is 12.7. The Labute approximate surface area is 341 Å². The number of ether oxygens (including phenoxy) is 1. The fraction of sp³-hybridized carbons (Fsp3) is 0.0667. The molecule has 9 aromatic rings. The largest absolute Gasteiger partial charge is 0.509 e. The van der Waals surface area contributed by atoms with Crippen molar-refractivity contribution in [3.05, 3.63) is 163 Å². The van der Waals surface area contributed by atoms with E-state index in [4.69, 9.17) is 21.2 Å². The molecule has 256 valence electrons. The molecule has 0 spiro atoms. The van der Waals surface area contributed by atoms with Gasteiger partial charge in [0.15, 0.2) is 0 Å². The Balaban J connectivity index is 0.00000562. The molecule has 5 nitrogen and oxygen atoms in total. The van der Waals surface area contributed by atoms with Crippen molar-refractivity contribution in [1.29, 1.82) is 0 Å². The van der Waals surface area contributed by atoms with Gasteiger partial charge in [-0.2, -0.15) is 12.1 Å². The quantitative estimate of drug-likeness (QED) is 0.161. The summed E-state index contributed by atoms with van der Waals surface area (Å²) in [6, 6.07) is 7.78. The third kappa shape index (κ3) is 5.12. The third-order valence-corrected chi connectivity index (χ3v) is 9.75. The molecule has 1 aliphatic rings. The first kappa shape index (κ1) is 20.0. The predicted molar refractivity (Wildman–Crippen MR) is 211 cm³/mol. The van der Waals surface area contributed by atoms with E-state index in [1.54, 1.807) is 23.1 Å². The van der Waals surface area contributed by atoms with Crippen LogP contribution in [-0.2, 0) is 21.1 Å². The van der Waals surface area contributed by atoms with E-state index < -0.39 is 71.9 Å². The Morgan fingerprint density at radius 3 is 2.29 bits per heavy atom. The Kier molecular flexibility index (Phi) is 4.87. The van der Waals surface area contributed by atoms with Gasteiger partial charge >= 0.3 is 0 Å². The Hall–Kier alpha value is -5.42. The van der Waals surface area contributed by atoms with Crippen molar-refractivity contribution in [3.8, 4) is 17.3 Å². The molecular weight excluding hydrogens is 840 g/mol. The number of aryl methyl sites for hydroxylation is 3. The molecule has 52 heavy (non-hydrogen) atoms. The molecule has 1 aliphatic heterocycles. The van der Waals surface area contributed by atoms with Crippen LogP contribution in [0.1, 0.15) is 37.3 Å². The predicted octanol–water partition coefficient (Wildman–Crippen LogP) is 12.3. The average molecular weight is 886 g/mol. The summed E-state index contributed by atoms with van der Waals surface area (Å²) in [4.78, 5) is 7.44. The molecule has 0 saturated carbocycles. The number of hydrogen-bond acceptors (Lipinski definition) is 5. The smallest absolute Gasteiger partial charge is 0.135 e. The van der Waals surface area contributed by atoms with Crippen molar-refractivity contribution in [2.24, 2.45) is 0 Å². The second-order valence-electron chi connectivity index (χ2n) is 12.0. The third-order valence-electron chi connectivity index (χ3n) is 8.73. The number of para-hydroxylation sites is 2. The summed E-state index contributed by atoms with van der Waals surface area (Å²) >= 11 is 0.942. The monoisotopic (exact) mass is 885 g/mol. The molecule has 0 amide bonds. The van der Waals surface area contributed by atoms with Gasteiger partial charge < -0.3 is 19.1 Å². The molecule has 3 aromatic heterocycles. The summed E-state index contributed by atoms with van der Waals surface area (Å²) in [5, 5.41) is 0.332. The summed E-state index contributed by atoms with van der Waals surface area (Å²) in [6.45, 7) is 7.13. The fourth-order valence-electron chi connectivity index (χ4n) is 6.81. The van der Waals surface area contributed by atoms with Gasteiger partial charge in [0.25, 0.3) is 0 Å². The van der Waals surface area contributed by atoms with E-state index in [-0.39, 0.29) is 116 Å². The number of anilines is 4. The van der Waals surface area contributed by atoms with Crippen LogP contribution >= 0.6 is 11.3 Å². The summed E-state index contributed by atoms with van der Waals surface area (Å²) < 4.78 is 142. The maximum absolute atomic E-state index is 9.42. The Bertz CT molecular complexity index is 3650. The van der Waals surface area contributed by atoms with Crippen LogP contribution in [0.5, 0.6) is 11.5 Å². The summed E-state index contributed by atoms with van der Waals surface area (Å²) in [6.07, 6.45) is 1.50. The summed E-state index contributed by atoms with van der Waals surface area (Å²) in [5.41, 5.74) is 3.20. The molecule has 0 atom stereocenters. The zero-order chi connectivity index (χ0) is 47.3. The first-order valence-corrected chi connectivity index (χ1v) is 16.6. The van der Waals surface area contributed by atoms with Gasteiger partial charge in [0.05, 0.1) is 19.2 Å². The van der Waals surface area contributed by atoms with Crippen LogP contribution in [0.4, 0.5) is 22.7 Å². The van der Waals surface area contributed by atoms with Gasteiger partial charge in [-0.05, 0) is 77.7 Å². The van der Waals surface area contributed by atoms with E-state index in [0.29, 0.717) is 5.69 Å². The number of hydrogen-bond donors (Lipinski definition) is 0. The van der Waals surface area contributed by atoms with Gasteiger partial charge in [-0.25, -0.2) is 4.98 Å². The maximum atomic E-state index is 9.42. The molecule has 0 aliphatic carbocycles. The topological polar surface area (TPSA) is 33.5 Å². The van der Waals surface area contributed by atoms with Gasteiger partial charge in [0.1, 0.15) is 5.82 Å². The van der Waals surface area contributed by atoms with Crippen LogP contribution < -0.4 is 14.5 Å². The van der Waals surface area contributed by atoms with E-state index in [1.165, 1.54) is 22.3 Å². The average Bonchev–Trinajstić information content (AvgIpc) is 3.98. The number of benzene rings is 6. The Morgan fingerprint density at radius 2 is 1.48 bits per heavy atom. The van der Waals surface area contributed by atoms with Gasteiger partial charge in [-0.3, -0.25) is 0 Å². The fourth-order valence-corrected chi connectivity index (χ4v) is 7.77. The first-order valence-electron chi connectivity index (χ1n) is 23.3. The number of rotatable bonds is 5. The first-order chi connectivity index (χ1) is 31.3. The maximum Gasteiger partial charge on any atom is 0.135 e. The van der Waals surface area contributed by atoms with Crippen molar-refractivity contribution in [2.45, 2.75) is 20.8 Å². The molecular formula is C45H31N4OPtS-3. The molecule has 7 heteroatoms. The number of nitrogens with zero attached hydrogens (tertiary/aromatic N) is 4. The van der Waals surface area contributed by atoms with E-state index in [0.717, 1.165) is 28.0 Å². The number of fused-ring (bicyclic) bond motifs is 8. The van der Waals surface area contributed by atoms with Crippen molar-refractivity contribution < 1.29 is 46.4 Å². The van der Waals surface area contributed by atoms with Crippen molar-refractivity contribution in [3.63, 3.8) is 0 Å². The second-order valence-corrected chi connectivity index (χ2v) is 13.0. The van der Waals surface area contributed by atoms with Crippen LogP contribution in [-0.4, -0.2) is 9.55 Å². The minimum Gasteiger partial charge on any atom is -0.509 e. The van der Waals surface area contributed by atoms with Crippen molar-refractivity contribution >= 4 is 76.1 Å². The van der Waals surface area contributed by atoms with Crippen LogP contribution in [0.25, 0.3) is 47.8 Å². The normalized spacial score (nSPS) is 16.6. The molecule has 10 rings (SSSR count). The van der Waals surface area contributed by atoms with Crippen molar-refractivity contribution in [1.82, 2.24) is 9.55 Å². The zero-order valence-electron chi connectivity index (χ0n) is 42.5. The van der Waals surface area contributed by atoms with Crippen LogP contribution in [0.15, 0.2) is 127 Å². The molecule has 0 bridgehead atoms. The van der Waals surface area contributed by atoms with E-state index in [9.17, 15) is 4.11 Å². The van der Waals surface area contributed by atoms with Gasteiger partial charge in [0.2, 0.25) is 0 Å². The van der Waals surface area contributed by atoms with Crippen LogP contribution in [0.3, 0.4) is 0 Å². The molecule has 0 fully saturated rings. The molecule has 0 unspecified atom stereocenters. The standard InChI is InChI=1S/C45H31N4OS.Pt/c1-28-23-29(2)44(30(3)24-28)48-27-47(37-14-5-6-15-38(37)48)31-11-10-12-32(25-31)50-33-18-19-34-35-20-21-41-43(36-13-4-7-16-40(36)51-41)45(35)49(39(34)26-33)42-17-8-9-22-46-42;/h4-24,27H,1-3H3;/q-3;/i4D,5D,6D,7D,10D,11D,12D,13D,14D,15D,16D,18D,19D,20D,21D;. The van der Waals surface area contributed by atoms with E-state index in [2.05, 4.69) is 17.1 Å². The molecule has 4 heterocycles. The molecule has 0 N–H and O–H groups in total. The van der Waals surface area contributed by atoms with Gasteiger partial charge in [0, 0.05) is 78.7 Å². The van der Waals surface area contributed by atoms with Crippen LogP contribution in [0, 0.1) is 39.6 Å². The zero-order valence-corrected chi connectivity index (χ0v) is 30.6. The number of aromatic nitrogens is 2. The Morgan fingerprint density at radius 1 is 0.731 bits per heavy atom.